The van der Waals surface area contributed by atoms with Gasteiger partial charge in [-0.1, -0.05) is 12.1 Å². The van der Waals surface area contributed by atoms with E-state index in [9.17, 15) is 19.2 Å². The van der Waals surface area contributed by atoms with E-state index in [0.717, 1.165) is 5.56 Å². The van der Waals surface area contributed by atoms with Crippen LogP contribution in [0.15, 0.2) is 42.5 Å². The summed E-state index contributed by atoms with van der Waals surface area (Å²) >= 11 is 0. The molecule has 0 saturated carbocycles. The molecule has 0 atom stereocenters. The summed E-state index contributed by atoms with van der Waals surface area (Å²) in [5.41, 5.74) is 2.20. The van der Waals surface area contributed by atoms with Gasteiger partial charge in [0.1, 0.15) is 0 Å². The highest BCUT2D eigenvalue weighted by Crippen LogP contribution is 2.26. The van der Waals surface area contributed by atoms with E-state index in [1.807, 2.05) is 0 Å². The molecular weight excluding hydrogens is 402 g/mol. The highest BCUT2D eigenvalue weighted by Gasteiger charge is 2.35. The zero-order valence-electron chi connectivity index (χ0n) is 17.3. The third-order valence-electron chi connectivity index (χ3n) is 4.79. The molecule has 0 saturated heterocycles. The number of amides is 4. The fourth-order valence-corrected chi connectivity index (χ4v) is 3.17. The molecule has 9 nitrogen and oxygen atoms in total. The number of nitrogens with zero attached hydrogens (tertiary/aromatic N) is 1. The van der Waals surface area contributed by atoms with Gasteiger partial charge in [0, 0.05) is 32.5 Å². The number of methoxy groups -OCH3 is 2. The van der Waals surface area contributed by atoms with Gasteiger partial charge in [0.05, 0.1) is 23.8 Å². The Morgan fingerprint density at radius 1 is 0.968 bits per heavy atom. The number of nitrogens with one attached hydrogen (secondary N) is 2. The number of rotatable bonds is 8. The maximum absolute atomic E-state index is 12.6. The summed E-state index contributed by atoms with van der Waals surface area (Å²) in [6.45, 7) is 0.965. The van der Waals surface area contributed by atoms with Crippen LogP contribution in [0.25, 0.3) is 0 Å². The molecule has 4 amide bonds. The van der Waals surface area contributed by atoms with Crippen molar-refractivity contribution < 1.29 is 28.7 Å². The summed E-state index contributed by atoms with van der Waals surface area (Å²) in [7, 11) is 2.87. The van der Waals surface area contributed by atoms with Gasteiger partial charge in [0.2, 0.25) is 0 Å². The number of benzene rings is 2. The Kier molecular flexibility index (Phi) is 6.99. The van der Waals surface area contributed by atoms with Crippen LogP contribution in [0.2, 0.25) is 0 Å². The van der Waals surface area contributed by atoms with Crippen molar-refractivity contribution in [1.82, 2.24) is 10.2 Å². The quantitative estimate of drug-likeness (QED) is 0.381. The van der Waals surface area contributed by atoms with Crippen LogP contribution < -0.4 is 10.6 Å². The molecular formula is C22H23N3O6. The summed E-state index contributed by atoms with van der Waals surface area (Å²) < 4.78 is 9.61. The zero-order chi connectivity index (χ0) is 22.4. The second kappa shape index (κ2) is 9.86. The molecule has 2 N–H and O–H groups in total. The summed E-state index contributed by atoms with van der Waals surface area (Å²) in [5, 5.41) is 5.36. The number of hydrogen-bond acceptors (Lipinski definition) is 6. The molecule has 0 unspecified atom stereocenters. The molecule has 2 aromatic rings. The fourth-order valence-electron chi connectivity index (χ4n) is 3.17. The molecule has 0 radical (unpaired) electrons. The summed E-state index contributed by atoms with van der Waals surface area (Å²) in [6.07, 6.45) is 0.552. The number of ether oxygens (including phenoxy) is 2. The molecule has 0 aliphatic carbocycles. The SMILES string of the molecule is COCCCN1C(=O)c2ccc(NC(=O)NCc3ccc(C(=O)OC)cc3)cc2C1=O. The van der Waals surface area contributed by atoms with Gasteiger partial charge in [0.15, 0.2) is 0 Å². The van der Waals surface area contributed by atoms with E-state index < -0.39 is 12.0 Å². The number of urea groups is 1. The third kappa shape index (κ3) is 5.07. The number of hydrogen-bond donors (Lipinski definition) is 2. The van der Waals surface area contributed by atoms with E-state index in [-0.39, 0.29) is 30.5 Å². The molecule has 0 fully saturated rings. The maximum atomic E-state index is 12.6. The van der Waals surface area contributed by atoms with Crippen molar-refractivity contribution in [2.75, 3.05) is 32.7 Å². The smallest absolute Gasteiger partial charge is 0.337 e. The average Bonchev–Trinajstić information content (AvgIpc) is 3.02. The van der Waals surface area contributed by atoms with Crippen molar-refractivity contribution in [1.29, 1.82) is 0 Å². The molecule has 0 spiro atoms. The Hall–Kier alpha value is -3.72. The van der Waals surface area contributed by atoms with Crippen molar-refractivity contribution in [3.05, 3.63) is 64.7 Å². The summed E-state index contributed by atoms with van der Waals surface area (Å²) in [6, 6.07) is 10.8. The van der Waals surface area contributed by atoms with E-state index in [1.54, 1.807) is 37.4 Å². The van der Waals surface area contributed by atoms with Gasteiger partial charge < -0.3 is 20.1 Å². The third-order valence-corrected chi connectivity index (χ3v) is 4.79. The van der Waals surface area contributed by atoms with E-state index in [1.165, 1.54) is 24.1 Å². The van der Waals surface area contributed by atoms with Gasteiger partial charge in [-0.3, -0.25) is 14.5 Å². The van der Waals surface area contributed by atoms with E-state index in [4.69, 9.17) is 4.74 Å². The Morgan fingerprint density at radius 2 is 1.68 bits per heavy atom. The van der Waals surface area contributed by atoms with Gasteiger partial charge in [-0.25, -0.2) is 9.59 Å². The summed E-state index contributed by atoms with van der Waals surface area (Å²) in [5.74, 6) is -1.16. The van der Waals surface area contributed by atoms with E-state index >= 15 is 0 Å². The van der Waals surface area contributed by atoms with E-state index in [2.05, 4.69) is 15.4 Å². The van der Waals surface area contributed by atoms with Crippen LogP contribution in [0.4, 0.5) is 10.5 Å². The number of carbonyl (C=O) groups excluding carboxylic acids is 4. The molecule has 1 aliphatic rings. The van der Waals surface area contributed by atoms with Crippen molar-refractivity contribution in [3.8, 4) is 0 Å². The molecule has 9 heteroatoms. The Morgan fingerprint density at radius 3 is 2.35 bits per heavy atom. The molecule has 162 valence electrons. The van der Waals surface area contributed by atoms with E-state index in [0.29, 0.717) is 29.8 Å². The van der Waals surface area contributed by atoms with Gasteiger partial charge >= 0.3 is 12.0 Å². The number of imide groups is 1. The van der Waals surface area contributed by atoms with Gasteiger partial charge in [-0.05, 0) is 42.3 Å². The molecule has 0 aromatic heterocycles. The van der Waals surface area contributed by atoms with Gasteiger partial charge in [0.25, 0.3) is 11.8 Å². The first kappa shape index (κ1) is 22.0. The van der Waals surface area contributed by atoms with Crippen LogP contribution in [0, 0.1) is 0 Å². The van der Waals surface area contributed by atoms with Crippen molar-refractivity contribution in [2.24, 2.45) is 0 Å². The monoisotopic (exact) mass is 425 g/mol. The van der Waals surface area contributed by atoms with Crippen LogP contribution in [0.5, 0.6) is 0 Å². The molecule has 3 rings (SSSR count). The van der Waals surface area contributed by atoms with Crippen molar-refractivity contribution in [2.45, 2.75) is 13.0 Å². The second-order valence-electron chi connectivity index (χ2n) is 6.86. The van der Waals surface area contributed by atoms with Gasteiger partial charge in [-0.2, -0.15) is 0 Å². The fraction of sp³-hybridized carbons (Fsp3) is 0.273. The van der Waals surface area contributed by atoms with Crippen LogP contribution in [-0.2, 0) is 16.0 Å². The standard InChI is InChI=1S/C22H23N3O6/c1-30-11-3-10-25-19(26)17-9-8-16(12-18(17)20(25)27)24-22(29)23-13-14-4-6-15(7-5-14)21(28)31-2/h4-9,12H,3,10-11,13H2,1-2H3,(H2,23,24,29). The minimum absolute atomic E-state index is 0.239. The first-order valence-electron chi connectivity index (χ1n) is 9.66. The minimum atomic E-state index is -0.467. The molecule has 2 aromatic carbocycles. The number of fused-ring (bicyclic) bond motifs is 1. The van der Waals surface area contributed by atoms with Crippen LogP contribution >= 0.6 is 0 Å². The molecule has 0 bridgehead atoms. The summed E-state index contributed by atoms with van der Waals surface area (Å²) in [4.78, 5) is 49.8. The predicted octanol–water partition coefficient (Wildman–Crippen LogP) is 2.43. The van der Waals surface area contributed by atoms with Crippen molar-refractivity contribution >= 4 is 29.5 Å². The highest BCUT2D eigenvalue weighted by molar-refractivity contribution is 6.21. The minimum Gasteiger partial charge on any atom is -0.465 e. The molecule has 1 heterocycles. The lowest BCUT2D eigenvalue weighted by atomic mass is 10.1. The lowest BCUT2D eigenvalue weighted by molar-refractivity contribution is 0.0597. The zero-order valence-corrected chi connectivity index (χ0v) is 17.3. The lowest BCUT2D eigenvalue weighted by Crippen LogP contribution is -2.31. The topological polar surface area (TPSA) is 114 Å². The normalized spacial score (nSPS) is 12.5. The molecule has 31 heavy (non-hydrogen) atoms. The predicted molar refractivity (Wildman–Crippen MR) is 112 cm³/mol. The van der Waals surface area contributed by atoms with Crippen LogP contribution in [0.1, 0.15) is 43.1 Å². The van der Waals surface area contributed by atoms with Gasteiger partial charge in [-0.15, -0.1) is 0 Å². The number of esters is 1. The Bertz CT molecular complexity index is 1000. The second-order valence-corrected chi connectivity index (χ2v) is 6.86. The van der Waals surface area contributed by atoms with Crippen molar-refractivity contribution in [3.63, 3.8) is 0 Å². The first-order valence-corrected chi connectivity index (χ1v) is 9.66. The molecule has 1 aliphatic heterocycles. The largest absolute Gasteiger partial charge is 0.465 e. The number of carbonyl (C=O) groups is 4. The Balaban J connectivity index is 1.58. The number of anilines is 1. The maximum Gasteiger partial charge on any atom is 0.337 e. The van der Waals surface area contributed by atoms with Crippen LogP contribution in [-0.4, -0.2) is 56.1 Å². The highest BCUT2D eigenvalue weighted by atomic mass is 16.5. The lowest BCUT2D eigenvalue weighted by Gasteiger charge is -2.12. The first-order chi connectivity index (χ1) is 14.9. The Labute approximate surface area is 179 Å². The average molecular weight is 425 g/mol. The van der Waals surface area contributed by atoms with Crippen LogP contribution in [0.3, 0.4) is 0 Å².